The largest absolute Gasteiger partial charge is 0.463 e. The van der Waals surface area contributed by atoms with Gasteiger partial charge >= 0.3 is 29.8 Å². The molecule has 3 aliphatic heterocycles. The molecule has 0 aromatic carbocycles. The molecule has 12 heteroatoms. The van der Waals surface area contributed by atoms with E-state index < -0.39 is 78.7 Å². The van der Waals surface area contributed by atoms with E-state index in [4.69, 9.17) is 33.2 Å². The fourth-order valence-electron chi connectivity index (χ4n) is 4.10. The molecule has 0 saturated carbocycles. The van der Waals surface area contributed by atoms with Crippen LogP contribution < -0.4 is 0 Å². The second kappa shape index (κ2) is 8.79. The Bertz CT molecular complexity index is 778. The second-order valence-corrected chi connectivity index (χ2v) is 7.52. The molecular weight excluding hydrogens is 420 g/mol. The fourth-order valence-corrected chi connectivity index (χ4v) is 4.10. The van der Waals surface area contributed by atoms with Gasteiger partial charge in [-0.15, -0.1) is 0 Å². The number of hydrogen-bond donors (Lipinski definition) is 0. The van der Waals surface area contributed by atoms with Crippen molar-refractivity contribution in [3.05, 3.63) is 0 Å². The first-order valence-electron chi connectivity index (χ1n) is 9.70. The Morgan fingerprint density at radius 3 is 2.13 bits per heavy atom. The number of fused-ring (bicyclic) bond motifs is 3. The Labute approximate surface area is 177 Å². The third-order valence-corrected chi connectivity index (χ3v) is 5.12. The van der Waals surface area contributed by atoms with Gasteiger partial charge in [0.1, 0.15) is 24.7 Å². The van der Waals surface area contributed by atoms with E-state index in [1.165, 1.54) is 6.92 Å². The first-order chi connectivity index (χ1) is 14.5. The van der Waals surface area contributed by atoms with Crippen LogP contribution >= 0.6 is 0 Å². The van der Waals surface area contributed by atoms with Crippen molar-refractivity contribution in [1.29, 1.82) is 0 Å². The van der Waals surface area contributed by atoms with E-state index in [-0.39, 0.29) is 13.0 Å². The maximum Gasteiger partial charge on any atom is 0.315 e. The van der Waals surface area contributed by atoms with E-state index in [1.54, 1.807) is 0 Å². The van der Waals surface area contributed by atoms with Crippen LogP contribution in [-0.4, -0.2) is 79.4 Å². The highest BCUT2D eigenvalue weighted by atomic mass is 16.8. The predicted molar refractivity (Wildman–Crippen MR) is 94.8 cm³/mol. The number of carbonyl (C=O) groups excluding carboxylic acids is 5. The van der Waals surface area contributed by atoms with E-state index >= 15 is 0 Å². The van der Waals surface area contributed by atoms with Crippen molar-refractivity contribution in [1.82, 2.24) is 0 Å². The standard InChI is InChI=1S/C19H24O12/c1-8(20)25-7-14-15(27-9(2)21)16(28-10(3)22)17(29-11(4)23)19(31-14)13-5-12(6-26-19)30-18(13)24/h12-17H,5-7H2,1-4H3/t12-,13-,14-,15-,16+,17-,19+/m1/s1. The maximum atomic E-state index is 12.5. The molecule has 7 atom stereocenters. The summed E-state index contributed by atoms with van der Waals surface area (Å²) in [6, 6.07) is 0. The Morgan fingerprint density at radius 1 is 0.935 bits per heavy atom. The van der Waals surface area contributed by atoms with Crippen molar-refractivity contribution < 1.29 is 57.1 Å². The van der Waals surface area contributed by atoms with Gasteiger partial charge in [-0.3, -0.25) is 24.0 Å². The molecule has 3 rings (SSSR count). The summed E-state index contributed by atoms with van der Waals surface area (Å²) in [4.78, 5) is 59.5. The summed E-state index contributed by atoms with van der Waals surface area (Å²) in [5.41, 5.74) is 0. The van der Waals surface area contributed by atoms with Crippen molar-refractivity contribution >= 4 is 29.8 Å². The lowest BCUT2D eigenvalue weighted by molar-refractivity contribution is -0.385. The van der Waals surface area contributed by atoms with Crippen molar-refractivity contribution in [3.63, 3.8) is 0 Å². The average molecular weight is 444 g/mol. The number of esters is 5. The predicted octanol–water partition coefficient (Wildman–Crippen LogP) is -0.598. The first kappa shape index (κ1) is 22.9. The van der Waals surface area contributed by atoms with Gasteiger partial charge in [-0.1, -0.05) is 0 Å². The van der Waals surface area contributed by atoms with Crippen LogP contribution in [0.5, 0.6) is 0 Å². The normalized spacial score (nSPS) is 36.3. The third-order valence-electron chi connectivity index (χ3n) is 5.12. The summed E-state index contributed by atoms with van der Waals surface area (Å²) in [5.74, 6) is -6.51. The number of hydrogen-bond acceptors (Lipinski definition) is 12. The van der Waals surface area contributed by atoms with Crippen LogP contribution in [0, 0.1) is 5.92 Å². The smallest absolute Gasteiger partial charge is 0.315 e. The molecule has 0 radical (unpaired) electrons. The van der Waals surface area contributed by atoms with Crippen LogP contribution in [0.3, 0.4) is 0 Å². The average Bonchev–Trinajstić information content (AvgIpc) is 2.97. The van der Waals surface area contributed by atoms with E-state index in [2.05, 4.69) is 0 Å². The molecule has 3 heterocycles. The zero-order valence-electron chi connectivity index (χ0n) is 17.5. The maximum absolute atomic E-state index is 12.5. The van der Waals surface area contributed by atoms with Gasteiger partial charge in [-0.25, -0.2) is 0 Å². The molecular formula is C19H24O12. The quantitative estimate of drug-likeness (QED) is 0.393. The van der Waals surface area contributed by atoms with Gasteiger partial charge in [0.25, 0.3) is 0 Å². The van der Waals surface area contributed by atoms with Gasteiger partial charge in [-0.2, -0.15) is 0 Å². The summed E-state index contributed by atoms with van der Waals surface area (Å²) in [6.07, 6.45) is -5.70. The van der Waals surface area contributed by atoms with E-state index in [1.807, 2.05) is 0 Å². The van der Waals surface area contributed by atoms with Gasteiger partial charge in [0.15, 0.2) is 18.3 Å². The molecule has 0 unspecified atom stereocenters. The molecule has 172 valence electrons. The fraction of sp³-hybridized carbons (Fsp3) is 0.737. The van der Waals surface area contributed by atoms with Gasteiger partial charge in [-0.05, 0) is 0 Å². The Kier molecular flexibility index (Phi) is 6.51. The van der Waals surface area contributed by atoms with Crippen LogP contribution in [0.2, 0.25) is 0 Å². The van der Waals surface area contributed by atoms with Gasteiger partial charge in [0, 0.05) is 34.1 Å². The molecule has 3 aliphatic rings. The molecule has 1 spiro atoms. The van der Waals surface area contributed by atoms with Gasteiger partial charge in [0.05, 0.1) is 6.61 Å². The number of carbonyl (C=O) groups is 5. The third kappa shape index (κ3) is 4.64. The lowest BCUT2D eigenvalue weighted by Gasteiger charge is -2.52. The Hall–Kier alpha value is -2.73. The minimum Gasteiger partial charge on any atom is -0.463 e. The lowest BCUT2D eigenvalue weighted by atomic mass is 9.81. The zero-order valence-corrected chi connectivity index (χ0v) is 17.5. The summed E-state index contributed by atoms with van der Waals surface area (Å²) >= 11 is 0. The molecule has 0 aromatic rings. The van der Waals surface area contributed by atoms with Crippen molar-refractivity contribution in [3.8, 4) is 0 Å². The van der Waals surface area contributed by atoms with Crippen LogP contribution in [0.1, 0.15) is 34.1 Å². The highest BCUT2D eigenvalue weighted by Crippen LogP contribution is 2.48. The van der Waals surface area contributed by atoms with Crippen molar-refractivity contribution in [2.75, 3.05) is 13.2 Å². The molecule has 12 nitrogen and oxygen atoms in total. The molecule has 31 heavy (non-hydrogen) atoms. The minimum absolute atomic E-state index is 0.0642. The van der Waals surface area contributed by atoms with Gasteiger partial charge < -0.3 is 33.2 Å². The number of ether oxygens (including phenoxy) is 7. The van der Waals surface area contributed by atoms with E-state index in [0.29, 0.717) is 0 Å². The first-order valence-corrected chi connectivity index (χ1v) is 9.70. The molecule has 0 aliphatic carbocycles. The van der Waals surface area contributed by atoms with Crippen molar-refractivity contribution in [2.45, 2.75) is 70.4 Å². The highest BCUT2D eigenvalue weighted by Gasteiger charge is 2.69. The molecule has 0 amide bonds. The molecule has 2 bridgehead atoms. The second-order valence-electron chi connectivity index (χ2n) is 7.52. The van der Waals surface area contributed by atoms with Crippen LogP contribution in [0.15, 0.2) is 0 Å². The number of rotatable bonds is 5. The SMILES string of the molecule is CC(=O)OC[C@H]1O[C@]2(OC[C@H]3C[C@@H]2C(=O)O3)[C@H](OC(C)=O)[C@@H](OC(C)=O)[C@@H]1OC(C)=O. The molecule has 3 saturated heterocycles. The van der Waals surface area contributed by atoms with E-state index in [0.717, 1.165) is 20.8 Å². The molecule has 0 aromatic heterocycles. The Balaban J connectivity index is 2.08. The summed E-state index contributed by atoms with van der Waals surface area (Å²) in [5, 5.41) is 0. The van der Waals surface area contributed by atoms with Gasteiger partial charge in [0.2, 0.25) is 5.79 Å². The zero-order chi connectivity index (χ0) is 22.9. The van der Waals surface area contributed by atoms with E-state index in [9.17, 15) is 24.0 Å². The minimum atomic E-state index is -1.91. The monoisotopic (exact) mass is 444 g/mol. The summed E-state index contributed by atoms with van der Waals surface area (Å²) in [7, 11) is 0. The highest BCUT2D eigenvalue weighted by molar-refractivity contribution is 5.77. The summed E-state index contributed by atoms with van der Waals surface area (Å²) < 4.78 is 38.3. The Morgan fingerprint density at radius 2 is 1.55 bits per heavy atom. The van der Waals surface area contributed by atoms with Crippen LogP contribution in [-0.2, 0) is 57.1 Å². The van der Waals surface area contributed by atoms with Crippen LogP contribution in [0.25, 0.3) is 0 Å². The van der Waals surface area contributed by atoms with Crippen molar-refractivity contribution in [2.24, 2.45) is 5.92 Å². The molecule has 3 fully saturated rings. The molecule has 0 N–H and O–H groups in total. The van der Waals surface area contributed by atoms with Crippen LogP contribution in [0.4, 0.5) is 0 Å². The topological polar surface area (TPSA) is 150 Å². The lowest BCUT2D eigenvalue weighted by Crippen LogP contribution is -2.72. The summed E-state index contributed by atoms with van der Waals surface area (Å²) in [6.45, 7) is 4.04.